The summed E-state index contributed by atoms with van der Waals surface area (Å²) >= 11 is 0. The van der Waals surface area contributed by atoms with E-state index in [1.807, 2.05) is 18.6 Å². The molecule has 0 saturated carbocycles. The van der Waals surface area contributed by atoms with Gasteiger partial charge in [0.2, 0.25) is 0 Å². The standard InChI is InChI=1S/C28H35N7O/c1-4-34-9-5-22(6-10-34)35-17-21(14-31-35)23-15-29-28-27(23)33-25(16-30-28)24-13-18(2)26(19(3)32-24)20-7-11-36-12-8-20/h13-17,20,22H,4-12H2,1-3H3,(H,29,30). The van der Waals surface area contributed by atoms with Crippen molar-refractivity contribution >= 4 is 11.2 Å². The maximum Gasteiger partial charge on any atom is 0.156 e. The van der Waals surface area contributed by atoms with Crippen molar-refractivity contribution in [2.75, 3.05) is 32.8 Å². The lowest BCUT2D eigenvalue weighted by Gasteiger charge is -2.31. The van der Waals surface area contributed by atoms with Gasteiger partial charge in [-0.2, -0.15) is 5.10 Å². The third kappa shape index (κ3) is 4.33. The summed E-state index contributed by atoms with van der Waals surface area (Å²) in [5.74, 6) is 0.524. The van der Waals surface area contributed by atoms with Crippen molar-refractivity contribution in [2.45, 2.75) is 58.4 Å². The molecule has 0 aliphatic carbocycles. The van der Waals surface area contributed by atoms with Crippen LogP contribution in [0.15, 0.2) is 30.9 Å². The predicted molar refractivity (Wildman–Crippen MR) is 141 cm³/mol. The molecule has 8 nitrogen and oxygen atoms in total. The fourth-order valence-corrected chi connectivity index (χ4v) is 5.99. The molecule has 4 aromatic heterocycles. The molecule has 188 valence electrons. The van der Waals surface area contributed by atoms with E-state index < -0.39 is 0 Å². The summed E-state index contributed by atoms with van der Waals surface area (Å²) in [7, 11) is 0. The first-order valence-corrected chi connectivity index (χ1v) is 13.3. The number of H-pyrrole nitrogens is 1. The Kier molecular flexibility index (Phi) is 6.31. The first kappa shape index (κ1) is 23.3. The van der Waals surface area contributed by atoms with Gasteiger partial charge in [0.05, 0.1) is 24.1 Å². The number of likely N-dealkylation sites (tertiary alicyclic amines) is 1. The van der Waals surface area contributed by atoms with Crippen molar-refractivity contribution in [1.29, 1.82) is 0 Å². The van der Waals surface area contributed by atoms with Crippen LogP contribution in [-0.2, 0) is 4.74 Å². The Bertz CT molecular complexity index is 1340. The number of hydrogen-bond acceptors (Lipinski definition) is 6. The number of pyridine rings is 1. The molecule has 0 spiro atoms. The van der Waals surface area contributed by atoms with E-state index in [1.165, 1.54) is 11.1 Å². The van der Waals surface area contributed by atoms with Gasteiger partial charge in [-0.1, -0.05) is 6.92 Å². The predicted octanol–water partition coefficient (Wildman–Crippen LogP) is 5.05. The molecule has 0 aromatic carbocycles. The van der Waals surface area contributed by atoms with Crippen LogP contribution in [0.2, 0.25) is 0 Å². The van der Waals surface area contributed by atoms with Crippen molar-refractivity contribution in [2.24, 2.45) is 0 Å². The number of nitrogens with zero attached hydrogens (tertiary/aromatic N) is 6. The Morgan fingerprint density at radius 1 is 1.03 bits per heavy atom. The first-order valence-electron chi connectivity index (χ1n) is 13.3. The van der Waals surface area contributed by atoms with Crippen LogP contribution in [0.1, 0.15) is 61.4 Å². The van der Waals surface area contributed by atoms with Gasteiger partial charge in [0.1, 0.15) is 11.2 Å². The van der Waals surface area contributed by atoms with E-state index >= 15 is 0 Å². The van der Waals surface area contributed by atoms with Crippen molar-refractivity contribution in [3.63, 3.8) is 0 Å². The molecule has 1 N–H and O–H groups in total. The normalized spacial score (nSPS) is 18.3. The van der Waals surface area contributed by atoms with Gasteiger partial charge in [-0.25, -0.2) is 9.97 Å². The minimum Gasteiger partial charge on any atom is -0.381 e. The molecule has 0 radical (unpaired) electrons. The Balaban J connectivity index is 1.30. The molecule has 4 aromatic rings. The Hall–Kier alpha value is -3.10. The molecule has 8 heteroatoms. The van der Waals surface area contributed by atoms with Crippen molar-refractivity contribution in [3.05, 3.63) is 47.7 Å². The molecule has 6 rings (SSSR count). The molecule has 0 amide bonds. The molecule has 6 heterocycles. The molecule has 0 atom stereocenters. The van der Waals surface area contributed by atoms with Gasteiger partial charge in [-0.15, -0.1) is 0 Å². The molecule has 2 saturated heterocycles. The van der Waals surface area contributed by atoms with E-state index in [9.17, 15) is 0 Å². The van der Waals surface area contributed by atoms with Crippen LogP contribution in [0.25, 0.3) is 33.7 Å². The SMILES string of the molecule is CCN1CCC(n2cc(-c3c[nH]c4ncc(-c5cc(C)c(C6CCOCC6)c(C)n5)nc34)cn2)CC1. The van der Waals surface area contributed by atoms with E-state index in [0.29, 0.717) is 12.0 Å². The van der Waals surface area contributed by atoms with Crippen LogP contribution in [0.3, 0.4) is 0 Å². The van der Waals surface area contributed by atoms with Gasteiger partial charge < -0.3 is 14.6 Å². The number of ether oxygens (including phenoxy) is 1. The van der Waals surface area contributed by atoms with Crippen LogP contribution in [0.5, 0.6) is 0 Å². The van der Waals surface area contributed by atoms with Crippen LogP contribution < -0.4 is 0 Å². The summed E-state index contributed by atoms with van der Waals surface area (Å²) < 4.78 is 7.71. The van der Waals surface area contributed by atoms with Crippen LogP contribution in [0.4, 0.5) is 0 Å². The van der Waals surface area contributed by atoms with Crippen molar-refractivity contribution < 1.29 is 4.74 Å². The largest absolute Gasteiger partial charge is 0.381 e. The third-order valence-electron chi connectivity index (χ3n) is 8.02. The highest BCUT2D eigenvalue weighted by Gasteiger charge is 2.23. The van der Waals surface area contributed by atoms with E-state index in [-0.39, 0.29) is 0 Å². The summed E-state index contributed by atoms with van der Waals surface area (Å²) in [5.41, 5.74) is 9.15. The zero-order valence-corrected chi connectivity index (χ0v) is 21.5. The zero-order valence-electron chi connectivity index (χ0n) is 21.5. The average Bonchev–Trinajstić information content (AvgIpc) is 3.56. The number of hydrogen-bond donors (Lipinski definition) is 1. The topological polar surface area (TPSA) is 84.8 Å². The number of nitrogens with one attached hydrogen (secondary N) is 1. The fourth-order valence-electron chi connectivity index (χ4n) is 5.99. The number of rotatable bonds is 5. The molecule has 36 heavy (non-hydrogen) atoms. The maximum atomic E-state index is 5.57. The lowest BCUT2D eigenvalue weighted by Crippen LogP contribution is -2.34. The van der Waals surface area contributed by atoms with Gasteiger partial charge in [0.25, 0.3) is 0 Å². The van der Waals surface area contributed by atoms with Crippen LogP contribution >= 0.6 is 0 Å². The number of fused-ring (bicyclic) bond motifs is 1. The quantitative estimate of drug-likeness (QED) is 0.426. The maximum absolute atomic E-state index is 5.57. The fraction of sp³-hybridized carbons (Fsp3) is 0.500. The Morgan fingerprint density at radius 2 is 1.83 bits per heavy atom. The van der Waals surface area contributed by atoms with Gasteiger partial charge in [0.15, 0.2) is 5.65 Å². The van der Waals surface area contributed by atoms with Crippen molar-refractivity contribution in [1.82, 2.24) is 34.6 Å². The highest BCUT2D eigenvalue weighted by Crippen LogP contribution is 2.34. The number of aryl methyl sites for hydroxylation is 2. The van der Waals surface area contributed by atoms with Gasteiger partial charge >= 0.3 is 0 Å². The van der Waals surface area contributed by atoms with E-state index in [0.717, 1.165) is 97.9 Å². The lowest BCUT2D eigenvalue weighted by atomic mass is 9.87. The van der Waals surface area contributed by atoms with E-state index in [4.69, 9.17) is 19.8 Å². The monoisotopic (exact) mass is 485 g/mol. The van der Waals surface area contributed by atoms with Gasteiger partial charge in [-0.3, -0.25) is 9.67 Å². The number of aromatic nitrogens is 6. The molecule has 0 bridgehead atoms. The Morgan fingerprint density at radius 3 is 2.58 bits per heavy atom. The first-order chi connectivity index (χ1) is 17.6. The van der Waals surface area contributed by atoms with Gasteiger partial charge in [0, 0.05) is 55.5 Å². The minimum atomic E-state index is 0.456. The highest BCUT2D eigenvalue weighted by molar-refractivity contribution is 5.91. The molecule has 2 fully saturated rings. The molecular formula is C28H35N7O. The molecule has 2 aliphatic heterocycles. The molecular weight excluding hydrogens is 450 g/mol. The second-order valence-corrected chi connectivity index (χ2v) is 10.2. The lowest BCUT2D eigenvalue weighted by molar-refractivity contribution is 0.0850. The van der Waals surface area contributed by atoms with E-state index in [2.05, 4.69) is 52.6 Å². The van der Waals surface area contributed by atoms with Crippen molar-refractivity contribution in [3.8, 4) is 22.5 Å². The number of aromatic amines is 1. The zero-order chi connectivity index (χ0) is 24.6. The molecule has 2 aliphatic rings. The summed E-state index contributed by atoms with van der Waals surface area (Å²) in [4.78, 5) is 20.5. The summed E-state index contributed by atoms with van der Waals surface area (Å²) in [5, 5.41) is 4.73. The highest BCUT2D eigenvalue weighted by atomic mass is 16.5. The third-order valence-corrected chi connectivity index (χ3v) is 8.02. The Labute approximate surface area is 212 Å². The van der Waals surface area contributed by atoms with Gasteiger partial charge in [-0.05, 0) is 69.2 Å². The second-order valence-electron chi connectivity index (χ2n) is 10.2. The average molecular weight is 486 g/mol. The minimum absolute atomic E-state index is 0.456. The smallest absolute Gasteiger partial charge is 0.156 e. The second kappa shape index (κ2) is 9.75. The summed E-state index contributed by atoms with van der Waals surface area (Å²) in [6.45, 7) is 11.6. The molecule has 0 unspecified atom stereocenters. The van der Waals surface area contributed by atoms with E-state index in [1.54, 1.807) is 0 Å². The number of piperidine rings is 1. The van der Waals surface area contributed by atoms with Crippen LogP contribution in [0, 0.1) is 13.8 Å². The summed E-state index contributed by atoms with van der Waals surface area (Å²) in [6.07, 6.45) is 12.3. The summed E-state index contributed by atoms with van der Waals surface area (Å²) in [6, 6.07) is 2.62. The van der Waals surface area contributed by atoms with Crippen LogP contribution in [-0.4, -0.2) is 67.5 Å².